The van der Waals surface area contributed by atoms with Gasteiger partial charge in [-0.25, -0.2) is 0 Å². The van der Waals surface area contributed by atoms with Crippen molar-refractivity contribution in [1.82, 2.24) is 20.1 Å². The van der Waals surface area contributed by atoms with Gasteiger partial charge in [-0.2, -0.15) is 13.2 Å². The third-order valence-corrected chi connectivity index (χ3v) is 6.81. The van der Waals surface area contributed by atoms with E-state index in [4.69, 9.17) is 4.74 Å². The van der Waals surface area contributed by atoms with E-state index in [0.29, 0.717) is 22.3 Å². The van der Waals surface area contributed by atoms with Gasteiger partial charge in [0.2, 0.25) is 5.91 Å². The van der Waals surface area contributed by atoms with Crippen LogP contribution in [0.2, 0.25) is 0 Å². The van der Waals surface area contributed by atoms with Crippen molar-refractivity contribution in [1.29, 1.82) is 0 Å². The van der Waals surface area contributed by atoms with Gasteiger partial charge >= 0.3 is 6.18 Å². The maximum Gasteiger partial charge on any atom is 0.416 e. The largest absolute Gasteiger partial charge is 0.497 e. The van der Waals surface area contributed by atoms with Crippen molar-refractivity contribution in [2.24, 2.45) is 0 Å². The van der Waals surface area contributed by atoms with Crippen LogP contribution in [0.25, 0.3) is 17.1 Å². The summed E-state index contributed by atoms with van der Waals surface area (Å²) in [5, 5.41) is 11.4. The Bertz CT molecular complexity index is 1140. The maximum absolute atomic E-state index is 13.4. The lowest BCUT2D eigenvalue weighted by Gasteiger charge is -2.17. The lowest BCUT2D eigenvalue weighted by molar-refractivity contribution is -0.137. The smallest absolute Gasteiger partial charge is 0.416 e. The summed E-state index contributed by atoms with van der Waals surface area (Å²) >= 11 is 1.16. The number of ether oxygens (including phenoxy) is 1. The maximum atomic E-state index is 13.4. The number of hydrogen-bond acceptors (Lipinski definition) is 5. The SMILES string of the molecule is COc1ccc(-c2nnc(S[C@H](C)C(=O)NC3CCCC3)n2-c2cccc(C(F)(F)F)c2)cc1. The Morgan fingerprint density at radius 1 is 1.15 bits per heavy atom. The summed E-state index contributed by atoms with van der Waals surface area (Å²) < 4.78 is 47.0. The first-order valence-corrected chi connectivity index (χ1v) is 11.9. The summed E-state index contributed by atoms with van der Waals surface area (Å²) in [7, 11) is 1.55. The number of rotatable bonds is 7. The number of alkyl halides is 3. The molecule has 4 rings (SSSR count). The van der Waals surface area contributed by atoms with Crippen molar-refractivity contribution in [2.45, 2.75) is 55.2 Å². The summed E-state index contributed by atoms with van der Waals surface area (Å²) in [5.74, 6) is 0.884. The van der Waals surface area contributed by atoms with Gasteiger partial charge in [0.25, 0.3) is 0 Å². The molecule has 0 bridgehead atoms. The van der Waals surface area contributed by atoms with E-state index in [0.717, 1.165) is 49.6 Å². The Labute approximate surface area is 199 Å². The van der Waals surface area contributed by atoms with E-state index in [1.807, 2.05) is 0 Å². The lowest BCUT2D eigenvalue weighted by atomic mass is 10.1. The number of nitrogens with one attached hydrogen (secondary N) is 1. The molecule has 1 saturated carbocycles. The number of halogens is 3. The fourth-order valence-electron chi connectivity index (χ4n) is 3.93. The molecule has 180 valence electrons. The highest BCUT2D eigenvalue weighted by atomic mass is 32.2. The fourth-order valence-corrected chi connectivity index (χ4v) is 4.80. The quantitative estimate of drug-likeness (QED) is 0.443. The van der Waals surface area contributed by atoms with Gasteiger partial charge in [-0.3, -0.25) is 9.36 Å². The van der Waals surface area contributed by atoms with Crippen LogP contribution in [0, 0.1) is 0 Å². The highest BCUT2D eigenvalue weighted by Gasteiger charge is 2.31. The number of aromatic nitrogens is 3. The molecule has 1 aliphatic rings. The number of nitrogens with zero attached hydrogens (tertiary/aromatic N) is 3. The van der Waals surface area contributed by atoms with Gasteiger partial charge < -0.3 is 10.1 Å². The minimum atomic E-state index is -4.49. The van der Waals surface area contributed by atoms with Gasteiger partial charge in [0.15, 0.2) is 11.0 Å². The highest BCUT2D eigenvalue weighted by molar-refractivity contribution is 8.00. The zero-order valence-electron chi connectivity index (χ0n) is 18.8. The van der Waals surface area contributed by atoms with E-state index in [-0.39, 0.29) is 17.6 Å². The average molecular weight is 491 g/mol. The van der Waals surface area contributed by atoms with Gasteiger partial charge in [-0.05, 0) is 62.2 Å². The van der Waals surface area contributed by atoms with Crippen LogP contribution in [0.4, 0.5) is 13.2 Å². The number of carbonyl (C=O) groups is 1. The van der Waals surface area contributed by atoms with E-state index < -0.39 is 17.0 Å². The number of benzene rings is 2. The van der Waals surface area contributed by atoms with Crippen molar-refractivity contribution in [3.05, 3.63) is 54.1 Å². The minimum absolute atomic E-state index is 0.124. The molecule has 0 spiro atoms. The second-order valence-electron chi connectivity index (χ2n) is 8.17. The number of hydrogen-bond donors (Lipinski definition) is 1. The van der Waals surface area contributed by atoms with Crippen LogP contribution in [0.1, 0.15) is 38.2 Å². The molecule has 1 N–H and O–H groups in total. The van der Waals surface area contributed by atoms with Gasteiger partial charge in [0.05, 0.1) is 23.6 Å². The van der Waals surface area contributed by atoms with E-state index in [9.17, 15) is 18.0 Å². The standard InChI is InChI=1S/C24H25F3N4O2S/c1-15(22(32)28-18-7-3-4-8-18)34-23-30-29-21(16-10-12-20(33-2)13-11-16)31(23)19-9-5-6-17(14-19)24(25,26)27/h5-6,9-15,18H,3-4,7-8H2,1-2H3,(H,28,32)/t15-/m1/s1. The van der Waals surface area contributed by atoms with Crippen LogP contribution in [-0.2, 0) is 11.0 Å². The third kappa shape index (κ3) is 5.38. The van der Waals surface area contributed by atoms with Crippen molar-refractivity contribution in [2.75, 3.05) is 7.11 Å². The summed E-state index contributed by atoms with van der Waals surface area (Å²) in [6.45, 7) is 1.76. The monoisotopic (exact) mass is 490 g/mol. The molecule has 2 aromatic carbocycles. The molecule has 1 aliphatic carbocycles. The predicted octanol–water partition coefficient (Wildman–Crippen LogP) is 5.50. The van der Waals surface area contributed by atoms with Crippen LogP contribution >= 0.6 is 11.8 Å². The molecular formula is C24H25F3N4O2S. The summed E-state index contributed by atoms with van der Waals surface area (Å²) in [6.07, 6.45) is -0.370. The van der Waals surface area contributed by atoms with E-state index in [1.165, 1.54) is 6.07 Å². The Kier molecular flexibility index (Phi) is 7.16. The topological polar surface area (TPSA) is 69.0 Å². The van der Waals surface area contributed by atoms with Crippen LogP contribution in [-0.4, -0.2) is 39.1 Å². The highest BCUT2D eigenvalue weighted by Crippen LogP contribution is 2.34. The summed E-state index contributed by atoms with van der Waals surface area (Å²) in [5.41, 5.74) is 0.138. The minimum Gasteiger partial charge on any atom is -0.497 e. The van der Waals surface area contributed by atoms with Gasteiger partial charge in [-0.15, -0.1) is 10.2 Å². The molecular weight excluding hydrogens is 465 g/mol. The van der Waals surface area contributed by atoms with E-state index in [1.54, 1.807) is 48.9 Å². The number of carbonyl (C=O) groups excluding carboxylic acids is 1. The summed E-state index contributed by atoms with van der Waals surface area (Å²) in [4.78, 5) is 12.7. The third-order valence-electron chi connectivity index (χ3n) is 5.77. The van der Waals surface area contributed by atoms with Crippen molar-refractivity contribution < 1.29 is 22.7 Å². The van der Waals surface area contributed by atoms with E-state index >= 15 is 0 Å². The molecule has 6 nitrogen and oxygen atoms in total. The molecule has 0 aliphatic heterocycles. The Morgan fingerprint density at radius 3 is 2.50 bits per heavy atom. The van der Waals surface area contributed by atoms with Crippen LogP contribution in [0.3, 0.4) is 0 Å². The summed E-state index contributed by atoms with van der Waals surface area (Å²) in [6, 6.07) is 12.2. The number of thioether (sulfide) groups is 1. The normalized spacial score (nSPS) is 15.3. The average Bonchev–Trinajstić information content (AvgIpc) is 3.48. The Balaban J connectivity index is 1.70. The number of amides is 1. The first-order chi connectivity index (χ1) is 16.3. The molecule has 1 heterocycles. The second kappa shape index (κ2) is 10.1. The number of methoxy groups -OCH3 is 1. The molecule has 0 unspecified atom stereocenters. The van der Waals surface area contributed by atoms with Crippen LogP contribution in [0.15, 0.2) is 53.7 Å². The molecule has 0 saturated heterocycles. The van der Waals surface area contributed by atoms with Gasteiger partial charge in [-0.1, -0.05) is 30.7 Å². The Morgan fingerprint density at radius 2 is 1.85 bits per heavy atom. The van der Waals surface area contributed by atoms with Crippen molar-refractivity contribution in [3.63, 3.8) is 0 Å². The Hall–Kier alpha value is -3.01. The van der Waals surface area contributed by atoms with E-state index in [2.05, 4.69) is 15.5 Å². The van der Waals surface area contributed by atoms with Gasteiger partial charge in [0, 0.05) is 11.6 Å². The zero-order valence-corrected chi connectivity index (χ0v) is 19.6. The first-order valence-electron chi connectivity index (χ1n) is 11.0. The first kappa shape index (κ1) is 24.1. The molecule has 1 atom stereocenters. The van der Waals surface area contributed by atoms with Crippen molar-refractivity contribution in [3.8, 4) is 22.8 Å². The molecule has 3 aromatic rings. The van der Waals surface area contributed by atoms with Gasteiger partial charge in [0.1, 0.15) is 5.75 Å². The fraction of sp³-hybridized carbons (Fsp3) is 0.375. The molecule has 10 heteroatoms. The van der Waals surface area contributed by atoms with Crippen LogP contribution in [0.5, 0.6) is 5.75 Å². The zero-order chi connectivity index (χ0) is 24.3. The molecule has 0 radical (unpaired) electrons. The molecule has 1 fully saturated rings. The molecule has 1 amide bonds. The predicted molar refractivity (Wildman–Crippen MR) is 124 cm³/mol. The lowest BCUT2D eigenvalue weighted by Crippen LogP contribution is -2.37. The molecule has 1 aromatic heterocycles. The molecule has 34 heavy (non-hydrogen) atoms. The second-order valence-corrected chi connectivity index (χ2v) is 9.48. The van der Waals surface area contributed by atoms with Crippen molar-refractivity contribution >= 4 is 17.7 Å². The van der Waals surface area contributed by atoms with Crippen LogP contribution < -0.4 is 10.1 Å².